The van der Waals surface area contributed by atoms with Crippen molar-refractivity contribution in [1.29, 1.82) is 5.26 Å². The molecule has 0 aliphatic carbocycles. The molecule has 0 radical (unpaired) electrons. The summed E-state index contributed by atoms with van der Waals surface area (Å²) in [6.07, 6.45) is 4.35. The highest BCUT2D eigenvalue weighted by Gasteiger charge is 2.19. The lowest BCUT2D eigenvalue weighted by Gasteiger charge is -2.24. The quantitative estimate of drug-likeness (QED) is 0.247. The zero-order chi connectivity index (χ0) is 26.7. The maximum absolute atomic E-state index is 11.4. The maximum atomic E-state index is 11.4. The van der Waals surface area contributed by atoms with Crippen LogP contribution < -0.4 is 10.1 Å². The average Bonchev–Trinajstić information content (AvgIpc) is 3.34. The number of carboxylic acid groups (broad SMARTS) is 1. The second kappa shape index (κ2) is 13.3. The summed E-state index contributed by atoms with van der Waals surface area (Å²) in [7, 11) is 0. The molecule has 3 aromatic heterocycles. The summed E-state index contributed by atoms with van der Waals surface area (Å²) < 4.78 is 23.6. The molecule has 0 atom stereocenters. The molecule has 13 heteroatoms. The number of imidazole rings is 1. The molecule has 3 aromatic rings. The van der Waals surface area contributed by atoms with Gasteiger partial charge in [0.25, 0.3) is 0 Å². The zero-order valence-electron chi connectivity index (χ0n) is 20.7. The molecule has 13 nitrogen and oxygen atoms in total. The standard InChI is InChI=1S/C25H28N6O7/c26-14-17-1-2-21(27-15-17)31-16-28-19-13-20(24(30-25(19)31)29-18-5-7-35-8-6-18)37-11-9-36-10-12-38-23(34)4-3-22(32)33/h1-2,13,15-16,18H,3-12H2,(H,29,30)(H,32,33). The fourth-order valence-corrected chi connectivity index (χ4v) is 3.74. The molecular formula is C25H28N6O7. The number of carboxylic acids is 1. The molecule has 1 saturated heterocycles. The van der Waals surface area contributed by atoms with Crippen molar-refractivity contribution in [3.8, 4) is 17.6 Å². The van der Waals surface area contributed by atoms with Crippen molar-refractivity contribution in [2.24, 2.45) is 0 Å². The highest BCUT2D eigenvalue weighted by atomic mass is 16.6. The second-order valence-electron chi connectivity index (χ2n) is 8.42. The third-order valence-corrected chi connectivity index (χ3v) is 5.69. The van der Waals surface area contributed by atoms with E-state index in [0.29, 0.717) is 47.3 Å². The Morgan fingerprint density at radius 1 is 1.16 bits per heavy atom. The van der Waals surface area contributed by atoms with Crippen LogP contribution in [0, 0.1) is 11.3 Å². The molecule has 0 unspecified atom stereocenters. The lowest BCUT2D eigenvalue weighted by molar-refractivity contribution is -0.148. The molecule has 200 valence electrons. The van der Waals surface area contributed by atoms with Crippen molar-refractivity contribution in [3.63, 3.8) is 0 Å². The molecule has 0 saturated carbocycles. The number of nitriles is 1. The fourth-order valence-electron chi connectivity index (χ4n) is 3.74. The summed E-state index contributed by atoms with van der Waals surface area (Å²) in [4.78, 5) is 35.5. The predicted octanol–water partition coefficient (Wildman–Crippen LogP) is 2.08. The first-order valence-electron chi connectivity index (χ1n) is 12.2. The smallest absolute Gasteiger partial charge is 0.306 e. The summed E-state index contributed by atoms with van der Waals surface area (Å²) in [6.45, 7) is 1.99. The molecule has 38 heavy (non-hydrogen) atoms. The summed E-state index contributed by atoms with van der Waals surface area (Å²) in [5.41, 5.74) is 1.66. The number of anilines is 1. The first-order valence-corrected chi connectivity index (χ1v) is 12.2. The molecular weight excluding hydrogens is 496 g/mol. The molecule has 0 amide bonds. The van der Waals surface area contributed by atoms with Crippen LogP contribution in [0.2, 0.25) is 0 Å². The fraction of sp³-hybridized carbons (Fsp3) is 0.440. The van der Waals surface area contributed by atoms with E-state index in [1.54, 1.807) is 29.1 Å². The van der Waals surface area contributed by atoms with Crippen LogP contribution in [0.4, 0.5) is 5.82 Å². The molecule has 2 N–H and O–H groups in total. The van der Waals surface area contributed by atoms with Crippen LogP contribution in [0.5, 0.6) is 5.75 Å². The Hall–Kier alpha value is -4.28. The summed E-state index contributed by atoms with van der Waals surface area (Å²) >= 11 is 0. The number of ether oxygens (including phenoxy) is 4. The third-order valence-electron chi connectivity index (χ3n) is 5.69. The first kappa shape index (κ1) is 26.8. The number of esters is 1. The van der Waals surface area contributed by atoms with Gasteiger partial charge in [-0.3, -0.25) is 14.2 Å². The molecule has 4 rings (SSSR count). The van der Waals surface area contributed by atoms with Crippen LogP contribution in [0.3, 0.4) is 0 Å². The number of nitrogens with one attached hydrogen (secondary N) is 1. The Morgan fingerprint density at radius 3 is 2.71 bits per heavy atom. The first-order chi connectivity index (χ1) is 18.5. The van der Waals surface area contributed by atoms with Gasteiger partial charge >= 0.3 is 11.9 Å². The topological polar surface area (TPSA) is 171 Å². The SMILES string of the molecule is N#Cc1ccc(-n2cnc3cc(OCCOCCOC(=O)CCC(=O)O)c(NC4CCOCC4)nc32)nc1. The van der Waals surface area contributed by atoms with Crippen LogP contribution in [0.15, 0.2) is 30.7 Å². The minimum Gasteiger partial charge on any atom is -0.487 e. The normalized spacial score (nSPS) is 13.7. The van der Waals surface area contributed by atoms with Gasteiger partial charge in [-0.25, -0.2) is 15.0 Å². The Bertz CT molecular complexity index is 1280. The van der Waals surface area contributed by atoms with Crippen molar-refractivity contribution in [2.75, 3.05) is 45.0 Å². The molecule has 0 bridgehead atoms. The largest absolute Gasteiger partial charge is 0.487 e. The van der Waals surface area contributed by atoms with Crippen molar-refractivity contribution in [1.82, 2.24) is 19.5 Å². The monoisotopic (exact) mass is 524 g/mol. The third kappa shape index (κ3) is 7.37. The van der Waals surface area contributed by atoms with Gasteiger partial charge in [-0.15, -0.1) is 0 Å². The van der Waals surface area contributed by atoms with Gasteiger partial charge in [0.1, 0.15) is 36.9 Å². The number of carbonyl (C=O) groups is 2. The predicted molar refractivity (Wildman–Crippen MR) is 133 cm³/mol. The molecule has 0 spiro atoms. The number of pyridine rings is 2. The van der Waals surface area contributed by atoms with Crippen LogP contribution in [0.1, 0.15) is 31.2 Å². The van der Waals surface area contributed by atoms with Gasteiger partial charge in [0.05, 0.1) is 31.6 Å². The number of hydrogen-bond acceptors (Lipinski definition) is 11. The Morgan fingerprint density at radius 2 is 1.97 bits per heavy atom. The summed E-state index contributed by atoms with van der Waals surface area (Å²) in [6, 6.07) is 7.45. The molecule has 1 fully saturated rings. The molecule has 1 aliphatic rings. The number of carbonyl (C=O) groups excluding carboxylic acids is 1. The van der Waals surface area contributed by atoms with E-state index in [2.05, 4.69) is 21.4 Å². The number of aromatic nitrogens is 4. The summed E-state index contributed by atoms with van der Waals surface area (Å²) in [5.74, 6) is 0.0390. The van der Waals surface area contributed by atoms with E-state index in [1.807, 2.05) is 0 Å². The second-order valence-corrected chi connectivity index (χ2v) is 8.42. The van der Waals surface area contributed by atoms with Crippen LogP contribution in [-0.2, 0) is 23.8 Å². The van der Waals surface area contributed by atoms with Gasteiger partial charge in [-0.2, -0.15) is 5.26 Å². The average molecular weight is 525 g/mol. The van der Waals surface area contributed by atoms with Crippen molar-refractivity contribution < 1.29 is 33.6 Å². The van der Waals surface area contributed by atoms with E-state index in [1.165, 1.54) is 6.20 Å². The van der Waals surface area contributed by atoms with Gasteiger partial charge in [0.15, 0.2) is 17.2 Å². The van der Waals surface area contributed by atoms with Gasteiger partial charge < -0.3 is 29.4 Å². The minimum atomic E-state index is -1.05. The van der Waals surface area contributed by atoms with E-state index in [0.717, 1.165) is 12.8 Å². The van der Waals surface area contributed by atoms with E-state index in [-0.39, 0.29) is 45.3 Å². The van der Waals surface area contributed by atoms with Gasteiger partial charge in [-0.1, -0.05) is 0 Å². The number of aliphatic carboxylic acids is 1. The van der Waals surface area contributed by atoms with Crippen molar-refractivity contribution >= 4 is 28.9 Å². The van der Waals surface area contributed by atoms with E-state index < -0.39 is 11.9 Å². The highest BCUT2D eigenvalue weighted by Crippen LogP contribution is 2.29. The summed E-state index contributed by atoms with van der Waals surface area (Å²) in [5, 5.41) is 21.1. The van der Waals surface area contributed by atoms with Crippen LogP contribution in [-0.4, -0.2) is 82.2 Å². The number of fused-ring (bicyclic) bond motifs is 1. The molecule has 4 heterocycles. The Kier molecular flexibility index (Phi) is 9.38. The molecule has 0 aromatic carbocycles. The van der Waals surface area contributed by atoms with E-state index >= 15 is 0 Å². The van der Waals surface area contributed by atoms with Crippen molar-refractivity contribution in [2.45, 2.75) is 31.7 Å². The number of rotatable bonds is 13. The highest BCUT2D eigenvalue weighted by molar-refractivity contribution is 5.78. The minimum absolute atomic E-state index is 0.0311. The maximum Gasteiger partial charge on any atom is 0.306 e. The van der Waals surface area contributed by atoms with E-state index in [4.69, 9.17) is 34.3 Å². The van der Waals surface area contributed by atoms with Crippen molar-refractivity contribution in [3.05, 3.63) is 36.3 Å². The lowest BCUT2D eigenvalue weighted by Crippen LogP contribution is -2.28. The Balaban J connectivity index is 1.39. The van der Waals surface area contributed by atoms with Gasteiger partial charge in [0.2, 0.25) is 0 Å². The van der Waals surface area contributed by atoms with Gasteiger partial charge in [0, 0.05) is 31.5 Å². The number of hydrogen-bond donors (Lipinski definition) is 2. The van der Waals surface area contributed by atoms with Gasteiger partial charge in [-0.05, 0) is 25.0 Å². The van der Waals surface area contributed by atoms with E-state index in [9.17, 15) is 9.59 Å². The molecule has 1 aliphatic heterocycles. The lowest BCUT2D eigenvalue weighted by atomic mass is 10.1. The van der Waals surface area contributed by atoms with Crippen LogP contribution in [0.25, 0.3) is 17.0 Å². The zero-order valence-corrected chi connectivity index (χ0v) is 20.7. The van der Waals surface area contributed by atoms with Crippen LogP contribution >= 0.6 is 0 Å². The number of nitrogens with zero attached hydrogens (tertiary/aromatic N) is 5. The Labute approximate surface area is 218 Å².